The Labute approximate surface area is 129 Å². The largest absolute Gasteiger partial charge is 0.367 e. The lowest BCUT2D eigenvalue weighted by Gasteiger charge is -1.97. The molecule has 0 fully saturated rings. The summed E-state index contributed by atoms with van der Waals surface area (Å²) >= 11 is 2.09. The molecule has 2 N–H and O–H groups in total. The van der Waals surface area contributed by atoms with E-state index < -0.39 is 9.84 Å². The predicted molar refractivity (Wildman–Crippen MR) is 82.8 cm³/mol. The van der Waals surface area contributed by atoms with Gasteiger partial charge >= 0.3 is 0 Å². The molecule has 3 aromatic rings. The molecule has 0 bridgehead atoms. The van der Waals surface area contributed by atoms with E-state index in [2.05, 4.69) is 14.3 Å². The molecule has 0 radical (unpaired) electrons. The number of hydrogen-bond donors (Lipinski definition) is 1. The van der Waals surface area contributed by atoms with Crippen molar-refractivity contribution in [2.24, 2.45) is 0 Å². The zero-order chi connectivity index (χ0) is 14.9. The monoisotopic (exact) mass is 338 g/mol. The van der Waals surface area contributed by atoms with E-state index in [1.165, 1.54) is 11.3 Å². The Bertz CT molecular complexity index is 856. The summed E-state index contributed by atoms with van der Waals surface area (Å²) < 4.78 is 28.0. The molecule has 0 saturated carbocycles. The van der Waals surface area contributed by atoms with E-state index in [-0.39, 0.29) is 16.0 Å². The van der Waals surface area contributed by atoms with Crippen LogP contribution in [0.15, 0.2) is 40.1 Å². The molecule has 0 spiro atoms. The van der Waals surface area contributed by atoms with Gasteiger partial charge in [0.2, 0.25) is 20.1 Å². The minimum absolute atomic E-state index is 0.0253. The molecule has 0 atom stereocenters. The van der Waals surface area contributed by atoms with Gasteiger partial charge in [-0.3, -0.25) is 0 Å². The highest BCUT2D eigenvalue weighted by molar-refractivity contribution is 7.92. The smallest absolute Gasteiger partial charge is 0.233 e. The predicted octanol–water partition coefficient (Wildman–Crippen LogP) is 2.22. The quantitative estimate of drug-likeness (QED) is 0.783. The van der Waals surface area contributed by atoms with Gasteiger partial charge in [-0.15, -0.1) is 11.3 Å². The molecule has 9 heteroatoms. The lowest BCUT2D eigenvalue weighted by molar-refractivity contribution is 0.594. The average Bonchev–Trinajstić information content (AvgIpc) is 3.09. The first kappa shape index (κ1) is 14.1. The summed E-state index contributed by atoms with van der Waals surface area (Å²) in [7, 11) is -3.55. The van der Waals surface area contributed by atoms with Crippen molar-refractivity contribution >= 4 is 38.7 Å². The minimum atomic E-state index is -3.55. The van der Waals surface area contributed by atoms with Crippen molar-refractivity contribution in [3.8, 4) is 11.3 Å². The molecule has 2 heterocycles. The van der Waals surface area contributed by atoms with E-state index in [9.17, 15) is 8.42 Å². The van der Waals surface area contributed by atoms with Gasteiger partial charge in [0.25, 0.3) is 0 Å². The molecule has 6 nitrogen and oxygen atoms in total. The van der Waals surface area contributed by atoms with Crippen molar-refractivity contribution in [3.05, 3.63) is 40.7 Å². The van der Waals surface area contributed by atoms with Crippen LogP contribution in [-0.4, -0.2) is 22.8 Å². The van der Waals surface area contributed by atoms with Crippen molar-refractivity contribution in [3.63, 3.8) is 0 Å². The Morgan fingerprint density at radius 1 is 1.14 bits per heavy atom. The van der Waals surface area contributed by atoms with Crippen LogP contribution in [0.2, 0.25) is 0 Å². The van der Waals surface area contributed by atoms with Gasteiger partial charge in [-0.05, 0) is 0 Å². The zero-order valence-corrected chi connectivity index (χ0v) is 13.1. The number of nitrogen functional groups attached to an aromatic ring is 1. The SMILES string of the molecule is Nc1nsc(S(=O)(=O)Cc2nc(-c3ccccc3)cs2)n1. The summed E-state index contributed by atoms with van der Waals surface area (Å²) in [4.78, 5) is 8.08. The molecule has 108 valence electrons. The van der Waals surface area contributed by atoms with E-state index in [0.717, 1.165) is 22.8 Å². The summed E-state index contributed by atoms with van der Waals surface area (Å²) in [5, 5.41) is 2.36. The summed E-state index contributed by atoms with van der Waals surface area (Å²) in [6.45, 7) is 0. The van der Waals surface area contributed by atoms with Crippen LogP contribution in [0.1, 0.15) is 5.01 Å². The van der Waals surface area contributed by atoms with Crippen LogP contribution >= 0.6 is 22.9 Å². The first-order valence-corrected chi connectivity index (χ1v) is 9.17. The molecule has 0 unspecified atom stereocenters. The van der Waals surface area contributed by atoms with Gasteiger partial charge in [0.15, 0.2) is 0 Å². The maximum atomic E-state index is 12.2. The van der Waals surface area contributed by atoms with Crippen molar-refractivity contribution in [2.75, 3.05) is 5.73 Å². The number of benzene rings is 1. The molecule has 0 aliphatic rings. The topological polar surface area (TPSA) is 98.8 Å². The zero-order valence-electron chi connectivity index (χ0n) is 10.6. The lowest BCUT2D eigenvalue weighted by atomic mass is 10.2. The summed E-state index contributed by atoms with van der Waals surface area (Å²) in [5.41, 5.74) is 7.08. The molecule has 1 aromatic carbocycles. The number of sulfone groups is 1. The molecule has 0 amide bonds. The van der Waals surface area contributed by atoms with Crippen LogP contribution in [0.3, 0.4) is 0 Å². The first-order chi connectivity index (χ1) is 10.0. The number of nitrogens with two attached hydrogens (primary N) is 1. The maximum absolute atomic E-state index is 12.2. The lowest BCUT2D eigenvalue weighted by Crippen LogP contribution is -2.04. The Hall–Kier alpha value is -1.84. The molecule has 2 aromatic heterocycles. The van der Waals surface area contributed by atoms with Crippen molar-refractivity contribution in [1.82, 2.24) is 14.3 Å². The first-order valence-electron chi connectivity index (χ1n) is 5.86. The standard InChI is InChI=1S/C12H10N4O2S3/c13-11-15-12(20-16-11)21(17,18)7-10-14-9(6-19-10)8-4-2-1-3-5-8/h1-6H,7H2,(H2,13,16). The fourth-order valence-corrected chi connectivity index (χ4v) is 4.85. The number of rotatable bonds is 4. The Kier molecular flexibility index (Phi) is 3.70. The van der Waals surface area contributed by atoms with Gasteiger partial charge in [0.1, 0.15) is 10.8 Å². The molecule has 0 saturated heterocycles. The highest BCUT2D eigenvalue weighted by Gasteiger charge is 2.22. The van der Waals surface area contributed by atoms with Crippen LogP contribution in [0.5, 0.6) is 0 Å². The minimum Gasteiger partial charge on any atom is -0.367 e. The molecule has 0 aliphatic carbocycles. The van der Waals surface area contributed by atoms with Gasteiger partial charge in [-0.25, -0.2) is 13.4 Å². The summed E-state index contributed by atoms with van der Waals surface area (Å²) in [6.07, 6.45) is 0. The van der Waals surface area contributed by atoms with Crippen molar-refractivity contribution in [2.45, 2.75) is 10.1 Å². The van der Waals surface area contributed by atoms with Gasteiger partial charge in [0.05, 0.1) is 5.69 Å². The molecule has 0 aliphatic heterocycles. The van der Waals surface area contributed by atoms with E-state index in [1.54, 1.807) is 0 Å². The second-order valence-corrected chi connectivity index (χ2v) is 8.03. The van der Waals surface area contributed by atoms with Crippen molar-refractivity contribution < 1.29 is 8.42 Å². The third-order valence-corrected chi connectivity index (χ3v) is 6.44. The maximum Gasteiger partial charge on any atom is 0.233 e. The second kappa shape index (κ2) is 5.51. The van der Waals surface area contributed by atoms with E-state index in [4.69, 9.17) is 5.73 Å². The Morgan fingerprint density at radius 3 is 2.57 bits per heavy atom. The molecular weight excluding hydrogens is 328 g/mol. The van der Waals surface area contributed by atoms with Gasteiger partial charge < -0.3 is 5.73 Å². The van der Waals surface area contributed by atoms with Gasteiger partial charge in [0, 0.05) is 22.5 Å². The van der Waals surface area contributed by atoms with Gasteiger partial charge in [-0.1, -0.05) is 30.3 Å². The normalized spacial score (nSPS) is 11.6. The number of anilines is 1. The number of thiazole rings is 1. The van der Waals surface area contributed by atoms with Crippen LogP contribution in [0.25, 0.3) is 11.3 Å². The number of hydrogen-bond acceptors (Lipinski definition) is 8. The highest BCUT2D eigenvalue weighted by Crippen LogP contribution is 2.25. The molecule has 21 heavy (non-hydrogen) atoms. The highest BCUT2D eigenvalue weighted by atomic mass is 32.2. The van der Waals surface area contributed by atoms with Gasteiger partial charge in [-0.2, -0.15) is 9.36 Å². The van der Waals surface area contributed by atoms with Crippen LogP contribution in [-0.2, 0) is 15.6 Å². The van der Waals surface area contributed by atoms with Crippen LogP contribution in [0, 0.1) is 0 Å². The molecular formula is C12H10N4O2S3. The van der Waals surface area contributed by atoms with Crippen molar-refractivity contribution in [1.29, 1.82) is 0 Å². The average molecular weight is 338 g/mol. The van der Waals surface area contributed by atoms with E-state index in [0.29, 0.717) is 5.01 Å². The fourth-order valence-electron chi connectivity index (χ4n) is 1.69. The Morgan fingerprint density at radius 2 is 1.90 bits per heavy atom. The summed E-state index contributed by atoms with van der Waals surface area (Å²) in [6, 6.07) is 9.60. The third-order valence-electron chi connectivity index (χ3n) is 2.62. The van der Waals surface area contributed by atoms with Crippen LogP contribution < -0.4 is 5.73 Å². The summed E-state index contributed by atoms with van der Waals surface area (Å²) in [5.74, 6) is -0.221. The van der Waals surface area contributed by atoms with E-state index in [1.807, 2.05) is 35.7 Å². The Balaban J connectivity index is 1.85. The second-order valence-electron chi connectivity index (χ2n) is 4.17. The van der Waals surface area contributed by atoms with Crippen LogP contribution in [0.4, 0.5) is 5.95 Å². The number of aromatic nitrogens is 3. The fraction of sp³-hybridized carbons (Fsp3) is 0.0833. The third kappa shape index (κ3) is 3.09. The van der Waals surface area contributed by atoms with E-state index >= 15 is 0 Å². The molecule has 3 rings (SSSR count). The number of nitrogens with zero attached hydrogens (tertiary/aromatic N) is 3.